The van der Waals surface area contributed by atoms with Gasteiger partial charge in [0.25, 0.3) is 0 Å². The van der Waals surface area contributed by atoms with Crippen LogP contribution in [0.25, 0.3) is 10.9 Å². The molecule has 1 aromatic heterocycles. The zero-order valence-corrected chi connectivity index (χ0v) is 10.9. The number of nitrogen functional groups attached to an aromatic ring is 1. The molecule has 0 amide bonds. The first-order valence-corrected chi connectivity index (χ1v) is 6.19. The average molecular weight is 268 g/mol. The second-order valence-electron chi connectivity index (χ2n) is 4.50. The third-order valence-electron chi connectivity index (χ3n) is 3.09. The number of halogens is 1. The molecule has 0 aliphatic carbocycles. The van der Waals surface area contributed by atoms with Crippen LogP contribution in [0.2, 0.25) is 0 Å². The van der Waals surface area contributed by atoms with Crippen LogP contribution < -0.4 is 11.1 Å². The number of nitrogens with zero attached hydrogens (tertiary/aromatic N) is 2. The molecule has 0 aliphatic rings. The van der Waals surface area contributed by atoms with E-state index in [1.807, 2.05) is 37.3 Å². The Morgan fingerprint density at radius 3 is 2.65 bits per heavy atom. The van der Waals surface area contributed by atoms with E-state index in [0.29, 0.717) is 11.5 Å². The number of anilines is 3. The second kappa shape index (κ2) is 4.77. The Bertz CT molecular complexity index is 766. The highest BCUT2D eigenvalue weighted by Gasteiger charge is 2.10. The summed E-state index contributed by atoms with van der Waals surface area (Å²) in [5, 5.41) is 3.81. The summed E-state index contributed by atoms with van der Waals surface area (Å²) in [5.41, 5.74) is 7.61. The van der Waals surface area contributed by atoms with Gasteiger partial charge in [-0.1, -0.05) is 24.3 Å². The summed E-state index contributed by atoms with van der Waals surface area (Å²) >= 11 is 0. The highest BCUT2D eigenvalue weighted by Crippen LogP contribution is 2.27. The van der Waals surface area contributed by atoms with Gasteiger partial charge in [-0.3, -0.25) is 0 Å². The van der Waals surface area contributed by atoms with E-state index in [4.69, 9.17) is 5.73 Å². The normalized spacial score (nSPS) is 10.7. The first kappa shape index (κ1) is 12.3. The van der Waals surface area contributed by atoms with E-state index in [1.165, 1.54) is 6.07 Å². The van der Waals surface area contributed by atoms with E-state index in [2.05, 4.69) is 15.3 Å². The van der Waals surface area contributed by atoms with Crippen molar-refractivity contribution >= 4 is 28.4 Å². The molecule has 3 rings (SSSR count). The molecule has 1 heterocycles. The summed E-state index contributed by atoms with van der Waals surface area (Å²) < 4.78 is 13.9. The number of nitrogens with two attached hydrogens (primary N) is 1. The van der Waals surface area contributed by atoms with Crippen molar-refractivity contribution in [1.29, 1.82) is 0 Å². The van der Waals surface area contributed by atoms with Crippen LogP contribution >= 0.6 is 0 Å². The fourth-order valence-electron chi connectivity index (χ4n) is 2.10. The molecule has 2 aromatic carbocycles. The average Bonchev–Trinajstić information content (AvgIpc) is 2.42. The molecule has 5 heteroatoms. The van der Waals surface area contributed by atoms with Gasteiger partial charge in [0.1, 0.15) is 11.6 Å². The van der Waals surface area contributed by atoms with Crippen molar-refractivity contribution in [3.63, 3.8) is 0 Å². The lowest BCUT2D eigenvalue weighted by molar-refractivity contribution is 0.631. The first-order chi connectivity index (χ1) is 9.65. The molecule has 0 fully saturated rings. The van der Waals surface area contributed by atoms with E-state index in [9.17, 15) is 4.39 Å². The van der Waals surface area contributed by atoms with Crippen LogP contribution in [0.5, 0.6) is 0 Å². The number of rotatable bonds is 2. The van der Waals surface area contributed by atoms with Gasteiger partial charge in [-0.2, -0.15) is 4.98 Å². The largest absolute Gasteiger partial charge is 0.368 e. The van der Waals surface area contributed by atoms with Gasteiger partial charge in [0.05, 0.1) is 11.2 Å². The van der Waals surface area contributed by atoms with E-state index < -0.39 is 0 Å². The third-order valence-corrected chi connectivity index (χ3v) is 3.09. The number of fused-ring (bicyclic) bond motifs is 1. The van der Waals surface area contributed by atoms with Gasteiger partial charge in [0.2, 0.25) is 5.95 Å². The van der Waals surface area contributed by atoms with Crippen LogP contribution in [0.4, 0.5) is 21.8 Å². The number of para-hydroxylation sites is 2. The highest BCUT2D eigenvalue weighted by atomic mass is 19.1. The van der Waals surface area contributed by atoms with Crippen LogP contribution in [-0.2, 0) is 0 Å². The third kappa shape index (κ3) is 2.14. The van der Waals surface area contributed by atoms with Crippen molar-refractivity contribution in [2.24, 2.45) is 0 Å². The Morgan fingerprint density at radius 1 is 1.05 bits per heavy atom. The number of aromatic nitrogens is 2. The maximum atomic E-state index is 13.9. The van der Waals surface area contributed by atoms with Gasteiger partial charge in [0, 0.05) is 5.39 Å². The van der Waals surface area contributed by atoms with Crippen LogP contribution in [0.15, 0.2) is 42.5 Å². The molecule has 0 bridgehead atoms. The Hall–Kier alpha value is -2.69. The molecule has 20 heavy (non-hydrogen) atoms. The SMILES string of the molecule is Cc1cccc(F)c1Nc1nc(N)nc2ccccc12. The molecule has 0 spiro atoms. The smallest absolute Gasteiger partial charge is 0.222 e. The van der Waals surface area contributed by atoms with Crippen LogP contribution in [0.1, 0.15) is 5.56 Å². The summed E-state index contributed by atoms with van der Waals surface area (Å²) in [6.07, 6.45) is 0. The monoisotopic (exact) mass is 268 g/mol. The van der Waals surface area contributed by atoms with Gasteiger partial charge in [-0.25, -0.2) is 9.37 Å². The Morgan fingerprint density at radius 2 is 1.85 bits per heavy atom. The van der Waals surface area contributed by atoms with Crippen molar-refractivity contribution in [3.8, 4) is 0 Å². The van der Waals surface area contributed by atoms with Crippen molar-refractivity contribution in [2.45, 2.75) is 6.92 Å². The number of hydrogen-bond donors (Lipinski definition) is 2. The van der Waals surface area contributed by atoms with Gasteiger partial charge in [-0.15, -0.1) is 0 Å². The molecule has 4 nitrogen and oxygen atoms in total. The van der Waals surface area contributed by atoms with Crippen LogP contribution in [0, 0.1) is 12.7 Å². The van der Waals surface area contributed by atoms with E-state index in [0.717, 1.165) is 16.5 Å². The minimum absolute atomic E-state index is 0.153. The molecule has 0 unspecified atom stereocenters. The van der Waals surface area contributed by atoms with Gasteiger partial charge in [0.15, 0.2) is 0 Å². The number of hydrogen-bond acceptors (Lipinski definition) is 4. The number of aryl methyl sites for hydroxylation is 1. The fourth-order valence-corrected chi connectivity index (χ4v) is 2.10. The summed E-state index contributed by atoms with van der Waals surface area (Å²) in [4.78, 5) is 8.32. The Labute approximate surface area is 115 Å². The zero-order chi connectivity index (χ0) is 14.1. The molecule has 0 atom stereocenters. The number of nitrogens with one attached hydrogen (secondary N) is 1. The first-order valence-electron chi connectivity index (χ1n) is 6.19. The molecule has 0 aliphatic heterocycles. The minimum atomic E-state index is -0.328. The van der Waals surface area contributed by atoms with Crippen molar-refractivity contribution in [3.05, 3.63) is 53.8 Å². The van der Waals surface area contributed by atoms with Gasteiger partial charge >= 0.3 is 0 Å². The summed E-state index contributed by atoms with van der Waals surface area (Å²) in [5.74, 6) is 0.327. The van der Waals surface area contributed by atoms with E-state index >= 15 is 0 Å². The maximum Gasteiger partial charge on any atom is 0.222 e. The number of benzene rings is 2. The lowest BCUT2D eigenvalue weighted by atomic mass is 10.2. The zero-order valence-electron chi connectivity index (χ0n) is 10.9. The lowest BCUT2D eigenvalue weighted by Gasteiger charge is -2.12. The quantitative estimate of drug-likeness (QED) is 0.747. The van der Waals surface area contributed by atoms with E-state index in [-0.39, 0.29) is 11.8 Å². The lowest BCUT2D eigenvalue weighted by Crippen LogP contribution is -2.03. The van der Waals surface area contributed by atoms with Crippen LogP contribution in [0.3, 0.4) is 0 Å². The topological polar surface area (TPSA) is 63.8 Å². The van der Waals surface area contributed by atoms with Gasteiger partial charge < -0.3 is 11.1 Å². The molecule has 0 saturated carbocycles. The second-order valence-corrected chi connectivity index (χ2v) is 4.50. The standard InChI is InChI=1S/C15H13FN4/c1-9-5-4-7-11(16)13(9)19-14-10-6-2-3-8-12(10)18-15(17)20-14/h2-8H,1H3,(H3,17,18,19,20). The Balaban J connectivity index is 2.16. The summed E-state index contributed by atoms with van der Waals surface area (Å²) in [6.45, 7) is 1.83. The molecule has 0 radical (unpaired) electrons. The van der Waals surface area contributed by atoms with Crippen LogP contribution in [-0.4, -0.2) is 9.97 Å². The van der Waals surface area contributed by atoms with Crippen molar-refractivity contribution in [2.75, 3.05) is 11.1 Å². The predicted molar refractivity (Wildman–Crippen MR) is 78.4 cm³/mol. The van der Waals surface area contributed by atoms with Crippen molar-refractivity contribution in [1.82, 2.24) is 9.97 Å². The van der Waals surface area contributed by atoms with E-state index in [1.54, 1.807) is 6.07 Å². The Kier molecular flexibility index (Phi) is 2.95. The molecular weight excluding hydrogens is 255 g/mol. The molecular formula is C15H13FN4. The minimum Gasteiger partial charge on any atom is -0.368 e. The van der Waals surface area contributed by atoms with Gasteiger partial charge in [-0.05, 0) is 30.7 Å². The summed E-state index contributed by atoms with van der Waals surface area (Å²) in [6, 6.07) is 12.4. The molecule has 3 aromatic rings. The van der Waals surface area contributed by atoms with Crippen molar-refractivity contribution < 1.29 is 4.39 Å². The molecule has 3 N–H and O–H groups in total. The maximum absolute atomic E-state index is 13.9. The fraction of sp³-hybridized carbons (Fsp3) is 0.0667. The summed E-state index contributed by atoms with van der Waals surface area (Å²) in [7, 11) is 0. The predicted octanol–water partition coefficient (Wildman–Crippen LogP) is 3.40. The molecule has 100 valence electrons. The molecule has 0 saturated heterocycles. The highest BCUT2D eigenvalue weighted by molar-refractivity contribution is 5.91.